The van der Waals surface area contributed by atoms with Crippen molar-refractivity contribution in [1.82, 2.24) is 0 Å². The number of halogens is 1. The van der Waals surface area contributed by atoms with E-state index in [9.17, 15) is 0 Å². The van der Waals surface area contributed by atoms with Crippen molar-refractivity contribution < 1.29 is 50.6 Å². The molecule has 0 rings (SSSR count). The van der Waals surface area contributed by atoms with E-state index in [4.69, 9.17) is 3.90 Å². The quantitative estimate of drug-likeness (QED) is 0.289. The Labute approximate surface area is 50.7 Å². The summed E-state index contributed by atoms with van der Waals surface area (Å²) in [4.78, 5) is 0. The second-order valence-corrected chi connectivity index (χ2v) is 0. The van der Waals surface area contributed by atoms with E-state index in [1.165, 1.54) is 0 Å². The van der Waals surface area contributed by atoms with Crippen LogP contribution < -0.4 is 31.3 Å². The van der Waals surface area contributed by atoms with Crippen molar-refractivity contribution in [2.45, 2.75) is 0 Å². The average Bonchev–Trinajstić information content (AvgIpc) is 1.00. The Morgan fingerprint density at radius 2 is 1.25 bits per heavy atom. The van der Waals surface area contributed by atoms with E-state index in [1.807, 2.05) is 0 Å². The molecule has 0 radical (unpaired) electrons. The Kier molecular flexibility index (Phi) is 144. The zero-order valence-corrected chi connectivity index (χ0v) is 3.85. The third-order valence-electron chi connectivity index (χ3n) is 0. The molecule has 0 N–H and O–H groups in total. The van der Waals surface area contributed by atoms with Gasteiger partial charge in [-0.05, 0) is 0 Å². The number of rotatable bonds is 0. The molecule has 0 aliphatic heterocycles. The van der Waals surface area contributed by atoms with Gasteiger partial charge in [-0.3, -0.25) is 0 Å². The van der Waals surface area contributed by atoms with Gasteiger partial charge >= 0.3 is 38.1 Å². The van der Waals surface area contributed by atoms with Gasteiger partial charge in [0.1, 0.15) is 0 Å². The molecule has 0 aromatic rings. The van der Waals surface area contributed by atoms with E-state index in [-0.39, 0.29) is 31.3 Å². The molecule has 0 aliphatic carbocycles. The Balaban J connectivity index is -0.00000000500. The van der Waals surface area contributed by atoms with Crippen LogP contribution in [0.3, 0.4) is 0 Å². The van der Waals surface area contributed by atoms with E-state index in [0.29, 0.717) is 0 Å². The van der Waals surface area contributed by atoms with Gasteiger partial charge < -0.3 is 12.4 Å². The summed E-state index contributed by atoms with van der Waals surface area (Å²) in [5.41, 5.74) is 0. The molecule has 0 unspecified atom stereocenters. The van der Waals surface area contributed by atoms with Crippen molar-refractivity contribution in [2.75, 3.05) is 0 Å². The summed E-state index contributed by atoms with van der Waals surface area (Å²) in [6, 6.07) is 0. The molecule has 0 heterocycles. The van der Waals surface area contributed by atoms with Gasteiger partial charge in [-0.15, -0.1) is 0 Å². The van der Waals surface area contributed by atoms with Crippen LogP contribution in [-0.2, 0) is 19.3 Å². The first-order valence-electron chi connectivity index (χ1n) is 0.129. The van der Waals surface area contributed by atoms with Gasteiger partial charge in [0.15, 0.2) is 0 Å². The molecule has 0 spiro atoms. The van der Waals surface area contributed by atoms with Crippen LogP contribution in [0, 0.1) is 0 Å². The molecular weight excluding hydrogens is 117 g/mol. The van der Waals surface area contributed by atoms with Crippen molar-refractivity contribution in [3.8, 4) is 0 Å². The van der Waals surface area contributed by atoms with Crippen LogP contribution in [0.25, 0.3) is 0 Å². The summed E-state index contributed by atoms with van der Waals surface area (Å²) in [6.45, 7) is 0. The van der Waals surface area contributed by atoms with Crippen molar-refractivity contribution in [3.05, 3.63) is 0 Å². The minimum absolute atomic E-state index is 0. The maximum atomic E-state index is 7.88. The summed E-state index contributed by atoms with van der Waals surface area (Å²) in [6.07, 6.45) is 0. The van der Waals surface area contributed by atoms with E-state index >= 15 is 0 Å². The number of hydrogen-bond acceptors (Lipinski definition) is 1. The molecule has 4 heavy (non-hydrogen) atoms. The summed E-state index contributed by atoms with van der Waals surface area (Å²) in [5, 5.41) is 0. The second-order valence-electron chi connectivity index (χ2n) is 0. The molecule has 4 heteroatoms. The SMILES string of the molecule is [Cl-].[Li+].[O]=[Ni]. The van der Waals surface area contributed by atoms with Gasteiger partial charge in [0.05, 0.1) is 0 Å². The Hall–Kier alpha value is 1.18. The zero-order chi connectivity index (χ0) is 2.00. The third-order valence-corrected chi connectivity index (χ3v) is 0. The maximum absolute atomic E-state index is 7.88. The molecule has 0 fully saturated rings. The van der Waals surface area contributed by atoms with Crippen molar-refractivity contribution in [1.29, 1.82) is 0 Å². The van der Waals surface area contributed by atoms with Gasteiger partial charge in [-0.1, -0.05) is 0 Å². The van der Waals surface area contributed by atoms with E-state index < -0.39 is 0 Å². The van der Waals surface area contributed by atoms with Gasteiger partial charge in [-0.25, -0.2) is 0 Å². The van der Waals surface area contributed by atoms with Crippen molar-refractivity contribution in [3.63, 3.8) is 0 Å². The van der Waals surface area contributed by atoms with E-state index in [2.05, 4.69) is 15.4 Å². The Morgan fingerprint density at radius 3 is 1.25 bits per heavy atom. The van der Waals surface area contributed by atoms with Gasteiger partial charge in [0, 0.05) is 0 Å². The zero-order valence-electron chi connectivity index (χ0n) is 2.10. The van der Waals surface area contributed by atoms with Gasteiger partial charge in [0.2, 0.25) is 0 Å². The van der Waals surface area contributed by atoms with Crippen LogP contribution in [0.5, 0.6) is 0 Å². The summed E-state index contributed by atoms with van der Waals surface area (Å²) >= 11 is 2.62. The fourth-order valence-electron chi connectivity index (χ4n) is 0. The molecule has 24 valence electrons. The van der Waals surface area contributed by atoms with Crippen LogP contribution in [-0.4, -0.2) is 0 Å². The monoisotopic (exact) mass is 116 g/mol. The molecule has 0 amide bonds. The topological polar surface area (TPSA) is 17.1 Å². The van der Waals surface area contributed by atoms with Crippen LogP contribution >= 0.6 is 0 Å². The summed E-state index contributed by atoms with van der Waals surface area (Å²) in [7, 11) is 0. The molecule has 0 saturated heterocycles. The van der Waals surface area contributed by atoms with Crippen LogP contribution in [0.4, 0.5) is 0 Å². The van der Waals surface area contributed by atoms with Crippen LogP contribution in [0.1, 0.15) is 0 Å². The second kappa shape index (κ2) is 30.3. The van der Waals surface area contributed by atoms with Crippen LogP contribution in [0.15, 0.2) is 0 Å². The molecule has 0 bridgehead atoms. The Bertz CT molecular complexity index is 8.00. The standard InChI is InChI=1S/ClH.Li.Ni.O/h1H;;;/q;+1;;/p-1. The molecule has 0 aromatic carbocycles. The third kappa shape index (κ3) is 10.8. The fraction of sp³-hybridized carbons (Fsp3) is 0. The van der Waals surface area contributed by atoms with Gasteiger partial charge in [-0.2, -0.15) is 0 Å². The first-order chi connectivity index (χ1) is 1.00. The molecular formula is ClLiNiO. The normalized spacial score (nSPS) is 1.50. The molecule has 0 saturated carbocycles. The van der Waals surface area contributed by atoms with E-state index in [1.54, 1.807) is 0 Å². The minimum atomic E-state index is 0. The molecule has 0 aromatic heterocycles. The summed E-state index contributed by atoms with van der Waals surface area (Å²) in [5.74, 6) is 0. The van der Waals surface area contributed by atoms with Gasteiger partial charge in [0.25, 0.3) is 0 Å². The molecule has 0 aliphatic rings. The van der Waals surface area contributed by atoms with Crippen molar-refractivity contribution in [2.24, 2.45) is 0 Å². The first kappa shape index (κ1) is 19.0. The molecule has 1 nitrogen and oxygen atoms in total. The Morgan fingerprint density at radius 1 is 1.25 bits per heavy atom. The predicted molar refractivity (Wildman–Crippen MR) is 0.686 cm³/mol. The van der Waals surface area contributed by atoms with E-state index in [0.717, 1.165) is 0 Å². The summed E-state index contributed by atoms with van der Waals surface area (Å²) < 4.78 is 7.88. The predicted octanol–water partition coefficient (Wildman–Crippen LogP) is -6.11. The van der Waals surface area contributed by atoms with Crippen LogP contribution in [0.2, 0.25) is 0 Å². The van der Waals surface area contributed by atoms with Crippen molar-refractivity contribution >= 4 is 0 Å². The number of hydrogen-bond donors (Lipinski definition) is 0. The fourth-order valence-corrected chi connectivity index (χ4v) is 0. The first-order valence-corrected chi connectivity index (χ1v) is 0.532. The molecule has 0 atom stereocenters. The average molecular weight is 117 g/mol.